The molecule has 0 saturated heterocycles. The molecule has 1 unspecified atom stereocenters. The Morgan fingerprint density at radius 3 is 1.87 bits per heavy atom. The van der Waals surface area contributed by atoms with Crippen LogP contribution in [0.5, 0.6) is 0 Å². The van der Waals surface area contributed by atoms with Crippen LogP contribution in [-0.4, -0.2) is 36.5 Å². The van der Waals surface area contributed by atoms with Crippen molar-refractivity contribution in [3.63, 3.8) is 0 Å². The first kappa shape index (κ1) is 22.8. The number of alkyl halides is 2. The lowest BCUT2D eigenvalue weighted by Crippen LogP contribution is -2.44. The minimum absolute atomic E-state index is 0.212. The van der Waals surface area contributed by atoms with E-state index in [9.17, 15) is 0 Å². The van der Waals surface area contributed by atoms with E-state index in [0.717, 1.165) is 43.3 Å². The largest absolute Gasteiger partial charge is 0.328 e. The second kappa shape index (κ2) is 9.60. The molecule has 0 N–H and O–H groups in total. The summed E-state index contributed by atoms with van der Waals surface area (Å²) in [5, 5.41) is 0. The topological polar surface area (TPSA) is 0 Å². The summed E-state index contributed by atoms with van der Waals surface area (Å²) in [4.78, 5) is 0.300. The maximum absolute atomic E-state index is 4.30. The molecule has 162 valence electrons. The van der Waals surface area contributed by atoms with Gasteiger partial charge in [-0.1, -0.05) is 111 Å². The van der Waals surface area contributed by atoms with Crippen LogP contribution >= 0.6 is 31.9 Å². The molecule has 0 radical (unpaired) electrons. The summed E-state index contributed by atoms with van der Waals surface area (Å²) in [6.07, 6.45) is 4.40. The molecule has 1 aliphatic rings. The fourth-order valence-electron chi connectivity index (χ4n) is 4.79. The Kier molecular flexibility index (Phi) is 7.05. The fourth-order valence-corrected chi connectivity index (χ4v) is 6.49. The van der Waals surface area contributed by atoms with Crippen LogP contribution in [0.4, 0.5) is 0 Å². The van der Waals surface area contributed by atoms with Crippen LogP contribution < -0.4 is 0 Å². The summed E-state index contributed by atoms with van der Waals surface area (Å²) in [7, 11) is 4.72. The van der Waals surface area contributed by atoms with Crippen molar-refractivity contribution < 1.29 is 4.48 Å². The Bertz CT molecular complexity index is 965. The zero-order valence-corrected chi connectivity index (χ0v) is 21.7. The maximum atomic E-state index is 4.30. The standard InChI is InChI=1S/C28H32Br2N/c1-31(2,20-18-22-10-4-3-5-11-22)21-19-27(29)28(30)25-14-8-6-12-23(25)16-17-24-13-7-9-15-26(24)28/h3-15,27H,16-21H2,1-2H3/q+1. The highest BCUT2D eigenvalue weighted by molar-refractivity contribution is 9.12. The first-order valence-corrected chi connectivity index (χ1v) is 13.0. The summed E-state index contributed by atoms with van der Waals surface area (Å²) >= 11 is 8.46. The van der Waals surface area contributed by atoms with E-state index in [1.807, 2.05) is 0 Å². The first-order chi connectivity index (χ1) is 14.9. The van der Waals surface area contributed by atoms with Gasteiger partial charge < -0.3 is 4.48 Å². The monoisotopic (exact) mass is 540 g/mol. The van der Waals surface area contributed by atoms with Crippen molar-refractivity contribution in [2.75, 3.05) is 27.2 Å². The van der Waals surface area contributed by atoms with Gasteiger partial charge in [0.25, 0.3) is 0 Å². The third kappa shape index (κ3) is 4.99. The molecule has 0 saturated carbocycles. The molecule has 1 nitrogen and oxygen atoms in total. The molecule has 3 aromatic rings. The number of benzene rings is 3. The summed E-state index contributed by atoms with van der Waals surface area (Å²) < 4.78 is 0.805. The number of rotatable bonds is 7. The molecular weight excluding hydrogens is 510 g/mol. The van der Waals surface area contributed by atoms with Gasteiger partial charge in [-0.15, -0.1) is 0 Å². The molecule has 0 aliphatic heterocycles. The van der Waals surface area contributed by atoms with Gasteiger partial charge in [0.2, 0.25) is 0 Å². The number of aryl methyl sites for hydroxylation is 2. The molecule has 0 bridgehead atoms. The van der Waals surface area contributed by atoms with E-state index in [0.29, 0.717) is 4.83 Å². The Hall–Kier alpha value is -1.42. The molecule has 0 spiro atoms. The second-order valence-corrected chi connectivity index (χ2v) is 11.8. The fraction of sp³-hybridized carbons (Fsp3) is 0.357. The lowest BCUT2D eigenvalue weighted by molar-refractivity contribution is -0.890. The number of hydrogen-bond acceptors (Lipinski definition) is 0. The number of fused-ring (bicyclic) bond motifs is 2. The molecule has 0 amide bonds. The molecule has 31 heavy (non-hydrogen) atoms. The van der Waals surface area contributed by atoms with Gasteiger partial charge in [-0.25, -0.2) is 0 Å². The highest BCUT2D eigenvalue weighted by atomic mass is 79.9. The van der Waals surface area contributed by atoms with Crippen molar-refractivity contribution in [3.8, 4) is 0 Å². The molecule has 0 heterocycles. The van der Waals surface area contributed by atoms with Gasteiger partial charge >= 0.3 is 0 Å². The number of hydrogen-bond donors (Lipinski definition) is 0. The Labute approximate surface area is 204 Å². The van der Waals surface area contributed by atoms with Crippen molar-refractivity contribution >= 4 is 31.9 Å². The molecule has 3 heteroatoms. The van der Waals surface area contributed by atoms with E-state index >= 15 is 0 Å². The highest BCUT2D eigenvalue weighted by Gasteiger charge is 2.43. The lowest BCUT2D eigenvalue weighted by atomic mass is 9.84. The van der Waals surface area contributed by atoms with Crippen LogP contribution in [0.15, 0.2) is 78.9 Å². The molecule has 0 aromatic heterocycles. The number of nitrogens with zero attached hydrogens (tertiary/aromatic N) is 1. The van der Waals surface area contributed by atoms with Crippen molar-refractivity contribution in [2.24, 2.45) is 0 Å². The Morgan fingerprint density at radius 1 is 0.774 bits per heavy atom. The Morgan fingerprint density at radius 2 is 1.29 bits per heavy atom. The van der Waals surface area contributed by atoms with Crippen LogP contribution in [0.3, 0.4) is 0 Å². The number of halogens is 2. The van der Waals surface area contributed by atoms with Crippen molar-refractivity contribution in [1.82, 2.24) is 0 Å². The third-order valence-electron chi connectivity index (χ3n) is 6.75. The van der Waals surface area contributed by atoms with Crippen LogP contribution in [-0.2, 0) is 23.6 Å². The minimum Gasteiger partial charge on any atom is -0.328 e. The first-order valence-electron chi connectivity index (χ1n) is 11.3. The van der Waals surface area contributed by atoms with Crippen molar-refractivity contribution in [2.45, 2.75) is 34.8 Å². The zero-order valence-electron chi connectivity index (χ0n) is 18.5. The van der Waals surface area contributed by atoms with Gasteiger partial charge in [-0.3, -0.25) is 0 Å². The van der Waals surface area contributed by atoms with Crippen LogP contribution in [0.1, 0.15) is 34.2 Å². The summed E-state index contributed by atoms with van der Waals surface area (Å²) in [5.74, 6) is 0. The van der Waals surface area contributed by atoms with E-state index < -0.39 is 0 Å². The van der Waals surface area contributed by atoms with Gasteiger partial charge in [-0.2, -0.15) is 0 Å². The van der Waals surface area contributed by atoms with Gasteiger partial charge in [0.05, 0.1) is 31.5 Å². The van der Waals surface area contributed by atoms with Crippen molar-refractivity contribution in [3.05, 3.63) is 107 Å². The van der Waals surface area contributed by atoms with Crippen molar-refractivity contribution in [1.29, 1.82) is 0 Å². The van der Waals surface area contributed by atoms with E-state index in [2.05, 4.69) is 125 Å². The van der Waals surface area contributed by atoms with Crippen LogP contribution in [0, 0.1) is 0 Å². The van der Waals surface area contributed by atoms with Crippen LogP contribution in [0.2, 0.25) is 0 Å². The molecule has 1 atom stereocenters. The smallest absolute Gasteiger partial charge is 0.0886 e. The van der Waals surface area contributed by atoms with Gasteiger partial charge in [0, 0.05) is 17.7 Å². The molecule has 1 aliphatic carbocycles. The molecule has 4 rings (SSSR count). The molecule has 3 aromatic carbocycles. The zero-order chi connectivity index (χ0) is 21.9. The van der Waals surface area contributed by atoms with Crippen LogP contribution in [0.25, 0.3) is 0 Å². The SMILES string of the molecule is C[N+](C)(CCc1ccccc1)CCC(Br)C1(Br)c2ccccc2CCc2ccccc21. The number of quaternary nitrogens is 1. The Balaban J connectivity index is 1.55. The van der Waals surface area contributed by atoms with E-state index in [1.165, 1.54) is 27.8 Å². The summed E-state index contributed by atoms with van der Waals surface area (Å²) in [6.45, 7) is 2.27. The lowest BCUT2D eigenvalue weighted by Gasteiger charge is -2.37. The highest BCUT2D eigenvalue weighted by Crippen LogP contribution is 2.50. The van der Waals surface area contributed by atoms with Gasteiger partial charge in [0.15, 0.2) is 0 Å². The predicted octanol–water partition coefficient (Wildman–Crippen LogP) is 6.90. The van der Waals surface area contributed by atoms with Gasteiger partial charge in [-0.05, 0) is 40.7 Å². The van der Waals surface area contributed by atoms with E-state index in [4.69, 9.17) is 0 Å². The third-order valence-corrected chi connectivity index (χ3v) is 9.92. The summed E-state index contributed by atoms with van der Waals surface area (Å²) in [5.41, 5.74) is 7.16. The van der Waals surface area contributed by atoms with E-state index in [-0.39, 0.29) is 4.32 Å². The molecular formula is C28H32Br2N+. The predicted molar refractivity (Wildman–Crippen MR) is 139 cm³/mol. The van der Waals surface area contributed by atoms with E-state index in [1.54, 1.807) is 0 Å². The van der Waals surface area contributed by atoms with Gasteiger partial charge in [0.1, 0.15) is 0 Å². The average molecular weight is 542 g/mol. The minimum atomic E-state index is -0.212. The molecule has 0 fully saturated rings. The number of likely N-dealkylation sites (N-methyl/N-ethyl adjacent to an activating group) is 1. The average Bonchev–Trinajstić information content (AvgIpc) is 2.93. The maximum Gasteiger partial charge on any atom is 0.0886 e. The normalized spacial score (nSPS) is 16.1. The summed E-state index contributed by atoms with van der Waals surface area (Å²) in [6, 6.07) is 28.8. The second-order valence-electron chi connectivity index (χ2n) is 9.40. The quantitative estimate of drug-likeness (QED) is 0.225.